The summed E-state index contributed by atoms with van der Waals surface area (Å²) in [6.45, 7) is 2.13. The second-order valence-electron chi connectivity index (χ2n) is 4.68. The number of carboxylic acid groups (broad SMARTS) is 1. The smallest absolute Gasteiger partial charge is 0.355 e. The first-order chi connectivity index (χ1) is 8.58. The molecule has 1 saturated carbocycles. The van der Waals surface area contributed by atoms with E-state index in [9.17, 15) is 9.59 Å². The summed E-state index contributed by atoms with van der Waals surface area (Å²) in [5.74, 6) is -0.885. The molecule has 0 aliphatic heterocycles. The Morgan fingerprint density at radius 3 is 2.78 bits per heavy atom. The Labute approximate surface area is 109 Å². The van der Waals surface area contributed by atoms with Crippen LogP contribution in [0.4, 0.5) is 0 Å². The lowest BCUT2D eigenvalue weighted by atomic mass is 9.86. The molecular formula is C12H16N2O3S. The summed E-state index contributed by atoms with van der Waals surface area (Å²) in [7, 11) is 0. The van der Waals surface area contributed by atoms with Crippen molar-refractivity contribution in [3.05, 3.63) is 16.1 Å². The third-order valence-corrected chi connectivity index (χ3v) is 4.19. The zero-order valence-electron chi connectivity index (χ0n) is 10.2. The van der Waals surface area contributed by atoms with Crippen LogP contribution in [0.2, 0.25) is 0 Å². The van der Waals surface area contributed by atoms with Gasteiger partial charge in [-0.05, 0) is 18.8 Å². The van der Waals surface area contributed by atoms with Crippen molar-refractivity contribution in [1.82, 2.24) is 10.3 Å². The van der Waals surface area contributed by atoms with Crippen molar-refractivity contribution < 1.29 is 14.7 Å². The summed E-state index contributed by atoms with van der Waals surface area (Å²) >= 11 is 1.07. The van der Waals surface area contributed by atoms with Gasteiger partial charge < -0.3 is 10.4 Å². The number of aromatic carboxylic acids is 1. The second-order valence-corrected chi connectivity index (χ2v) is 5.54. The molecule has 1 aliphatic rings. The number of nitrogens with zero attached hydrogens (tertiary/aromatic N) is 1. The van der Waals surface area contributed by atoms with Crippen LogP contribution in [0.5, 0.6) is 0 Å². The Morgan fingerprint density at radius 2 is 2.17 bits per heavy atom. The molecule has 2 unspecified atom stereocenters. The molecule has 5 nitrogen and oxygen atoms in total. The molecule has 1 fully saturated rings. The van der Waals surface area contributed by atoms with E-state index < -0.39 is 5.97 Å². The second kappa shape index (κ2) is 5.48. The monoisotopic (exact) mass is 268 g/mol. The number of hydrogen-bond donors (Lipinski definition) is 2. The van der Waals surface area contributed by atoms with Crippen molar-refractivity contribution in [3.63, 3.8) is 0 Å². The van der Waals surface area contributed by atoms with Crippen molar-refractivity contribution in [1.29, 1.82) is 0 Å². The largest absolute Gasteiger partial charge is 0.476 e. The number of carbonyl (C=O) groups is 2. The predicted molar refractivity (Wildman–Crippen MR) is 68.0 cm³/mol. The van der Waals surface area contributed by atoms with E-state index in [1.807, 2.05) is 0 Å². The molecule has 98 valence electrons. The lowest BCUT2D eigenvalue weighted by molar-refractivity contribution is 0.0691. The minimum absolute atomic E-state index is 0.0677. The van der Waals surface area contributed by atoms with Crippen LogP contribution >= 0.6 is 11.3 Å². The molecule has 2 rings (SSSR count). The third-order valence-electron chi connectivity index (χ3n) is 3.35. The maximum Gasteiger partial charge on any atom is 0.355 e. The predicted octanol–water partition coefficient (Wildman–Crippen LogP) is 2.15. The Morgan fingerprint density at radius 1 is 1.44 bits per heavy atom. The zero-order chi connectivity index (χ0) is 13.1. The Balaban J connectivity index is 2.00. The number of thiazole rings is 1. The van der Waals surface area contributed by atoms with Gasteiger partial charge in [-0.3, -0.25) is 4.79 Å². The highest BCUT2D eigenvalue weighted by Crippen LogP contribution is 2.24. The molecule has 18 heavy (non-hydrogen) atoms. The normalized spacial score (nSPS) is 23.6. The third kappa shape index (κ3) is 2.87. The van der Waals surface area contributed by atoms with E-state index in [1.54, 1.807) is 0 Å². The molecule has 2 N–H and O–H groups in total. The van der Waals surface area contributed by atoms with Crippen LogP contribution < -0.4 is 5.32 Å². The van der Waals surface area contributed by atoms with Crippen LogP contribution in [-0.2, 0) is 0 Å². The fourth-order valence-corrected chi connectivity index (χ4v) is 2.93. The zero-order valence-corrected chi connectivity index (χ0v) is 11.0. The Kier molecular flexibility index (Phi) is 3.96. The van der Waals surface area contributed by atoms with E-state index in [0.29, 0.717) is 5.92 Å². The van der Waals surface area contributed by atoms with Crippen molar-refractivity contribution in [2.45, 2.75) is 38.6 Å². The van der Waals surface area contributed by atoms with Gasteiger partial charge in [0.2, 0.25) is 0 Å². The summed E-state index contributed by atoms with van der Waals surface area (Å²) in [6, 6.07) is 0.184. The lowest BCUT2D eigenvalue weighted by Crippen LogP contribution is -2.41. The van der Waals surface area contributed by atoms with Gasteiger partial charge >= 0.3 is 5.97 Å². The Hall–Kier alpha value is -1.43. The van der Waals surface area contributed by atoms with Crippen LogP contribution in [0.3, 0.4) is 0 Å². The first kappa shape index (κ1) is 13.0. The molecule has 1 amide bonds. The molecule has 2 atom stereocenters. The highest BCUT2D eigenvalue weighted by Gasteiger charge is 2.24. The number of amides is 1. The fraction of sp³-hybridized carbons (Fsp3) is 0.583. The van der Waals surface area contributed by atoms with E-state index >= 15 is 0 Å². The van der Waals surface area contributed by atoms with E-state index in [1.165, 1.54) is 11.8 Å². The first-order valence-electron chi connectivity index (χ1n) is 6.07. The maximum absolute atomic E-state index is 11.9. The van der Waals surface area contributed by atoms with Gasteiger partial charge in [0.1, 0.15) is 0 Å². The number of carbonyl (C=O) groups excluding carboxylic acids is 1. The molecule has 0 saturated heterocycles. The van der Waals surface area contributed by atoms with Crippen molar-refractivity contribution in [2.75, 3.05) is 0 Å². The quantitative estimate of drug-likeness (QED) is 0.880. The Bertz CT molecular complexity index is 458. The van der Waals surface area contributed by atoms with E-state index in [0.717, 1.165) is 30.6 Å². The SMILES string of the molecule is CC1CCCCC1NC(=O)c1nc(C(=O)O)cs1. The molecule has 1 heterocycles. The molecular weight excluding hydrogens is 252 g/mol. The molecule has 0 radical (unpaired) electrons. The van der Waals surface area contributed by atoms with E-state index in [4.69, 9.17) is 5.11 Å². The number of hydrogen-bond acceptors (Lipinski definition) is 4. The van der Waals surface area contributed by atoms with Crippen molar-refractivity contribution in [3.8, 4) is 0 Å². The molecule has 1 aliphatic carbocycles. The van der Waals surface area contributed by atoms with Crippen LogP contribution in [0.25, 0.3) is 0 Å². The highest BCUT2D eigenvalue weighted by atomic mass is 32.1. The summed E-state index contributed by atoms with van der Waals surface area (Å²) in [5, 5.41) is 13.3. The molecule has 1 aromatic rings. The lowest BCUT2D eigenvalue weighted by Gasteiger charge is -2.29. The first-order valence-corrected chi connectivity index (χ1v) is 6.95. The average molecular weight is 268 g/mol. The van der Waals surface area contributed by atoms with E-state index in [2.05, 4.69) is 17.2 Å². The van der Waals surface area contributed by atoms with Crippen molar-refractivity contribution >= 4 is 23.2 Å². The standard InChI is InChI=1S/C12H16N2O3S/c1-7-4-2-3-5-8(7)13-10(15)11-14-9(6-18-11)12(16)17/h6-8H,2-5H2,1H3,(H,13,15)(H,16,17). The molecule has 0 bridgehead atoms. The number of rotatable bonds is 3. The van der Waals surface area contributed by atoms with Gasteiger partial charge in [-0.25, -0.2) is 9.78 Å². The van der Waals surface area contributed by atoms with Gasteiger partial charge in [-0.1, -0.05) is 19.8 Å². The number of carboxylic acids is 1. The summed E-state index contributed by atoms with van der Waals surface area (Å²) < 4.78 is 0. The molecule has 6 heteroatoms. The van der Waals surface area contributed by atoms with Gasteiger partial charge in [-0.15, -0.1) is 11.3 Å². The molecule has 1 aromatic heterocycles. The summed E-state index contributed by atoms with van der Waals surface area (Å²) in [5.41, 5.74) is -0.0677. The fourth-order valence-electron chi connectivity index (χ4n) is 2.24. The van der Waals surface area contributed by atoms with Gasteiger partial charge in [0, 0.05) is 11.4 Å². The van der Waals surface area contributed by atoms with Crippen LogP contribution in [-0.4, -0.2) is 28.0 Å². The van der Waals surface area contributed by atoms with Gasteiger partial charge in [-0.2, -0.15) is 0 Å². The topological polar surface area (TPSA) is 79.3 Å². The highest BCUT2D eigenvalue weighted by molar-refractivity contribution is 7.11. The van der Waals surface area contributed by atoms with Crippen LogP contribution in [0, 0.1) is 5.92 Å². The summed E-state index contributed by atoms with van der Waals surface area (Å²) in [4.78, 5) is 26.4. The van der Waals surface area contributed by atoms with Gasteiger partial charge in [0.25, 0.3) is 5.91 Å². The van der Waals surface area contributed by atoms with Gasteiger partial charge in [0.15, 0.2) is 10.7 Å². The number of aromatic nitrogens is 1. The average Bonchev–Trinajstić information content (AvgIpc) is 2.81. The van der Waals surface area contributed by atoms with Crippen LogP contribution in [0.1, 0.15) is 52.9 Å². The van der Waals surface area contributed by atoms with E-state index in [-0.39, 0.29) is 22.7 Å². The van der Waals surface area contributed by atoms with Gasteiger partial charge in [0.05, 0.1) is 0 Å². The van der Waals surface area contributed by atoms with Crippen molar-refractivity contribution in [2.24, 2.45) is 5.92 Å². The molecule has 0 aromatic carbocycles. The summed E-state index contributed by atoms with van der Waals surface area (Å²) in [6.07, 6.45) is 4.47. The minimum Gasteiger partial charge on any atom is -0.476 e. The maximum atomic E-state index is 11.9. The molecule has 0 spiro atoms. The minimum atomic E-state index is -1.10. The van der Waals surface area contributed by atoms with Crippen LogP contribution in [0.15, 0.2) is 5.38 Å². The number of nitrogens with one attached hydrogen (secondary N) is 1.